The fraction of sp³-hybridized carbons (Fsp3) is 0.500. The summed E-state index contributed by atoms with van der Waals surface area (Å²) in [7, 11) is 7.42. The van der Waals surface area contributed by atoms with E-state index in [-0.39, 0.29) is 5.92 Å². The summed E-state index contributed by atoms with van der Waals surface area (Å²) in [6, 6.07) is 16.4. The molecule has 0 bridgehead atoms. The van der Waals surface area contributed by atoms with Crippen molar-refractivity contribution in [3.63, 3.8) is 0 Å². The van der Waals surface area contributed by atoms with E-state index in [0.29, 0.717) is 12.5 Å². The fourth-order valence-electron chi connectivity index (χ4n) is 4.23. The third kappa shape index (κ3) is 6.71. The standard InChI is InChI=1S/C26H37N3O3/c1-27(2)16-17-29(20-21-8-6-5-7-9-21)26(30)23-12-14-28(15-13-23)19-22-10-11-24(31-3)25(18-22)32-4/h5-11,18,23H,12-17,19-20H2,1-4H3. The number of carbonyl (C=O) groups excluding carboxylic acids is 1. The Balaban J connectivity index is 1.57. The minimum absolute atomic E-state index is 0.0996. The van der Waals surface area contributed by atoms with Gasteiger partial charge in [0, 0.05) is 32.1 Å². The van der Waals surface area contributed by atoms with E-state index in [4.69, 9.17) is 9.47 Å². The lowest BCUT2D eigenvalue weighted by Gasteiger charge is -2.34. The maximum atomic E-state index is 13.4. The second-order valence-corrected chi connectivity index (χ2v) is 8.79. The molecule has 0 saturated carbocycles. The zero-order chi connectivity index (χ0) is 22.9. The molecule has 0 spiro atoms. The van der Waals surface area contributed by atoms with Crippen LogP contribution in [0.2, 0.25) is 0 Å². The van der Waals surface area contributed by atoms with Crippen molar-refractivity contribution in [1.82, 2.24) is 14.7 Å². The van der Waals surface area contributed by atoms with Crippen molar-refractivity contribution in [1.29, 1.82) is 0 Å². The van der Waals surface area contributed by atoms with Gasteiger partial charge in [-0.1, -0.05) is 36.4 Å². The van der Waals surface area contributed by atoms with Gasteiger partial charge in [0.2, 0.25) is 5.91 Å². The molecule has 2 aromatic rings. The van der Waals surface area contributed by atoms with Gasteiger partial charge in [-0.3, -0.25) is 9.69 Å². The maximum Gasteiger partial charge on any atom is 0.226 e. The van der Waals surface area contributed by atoms with E-state index in [1.54, 1.807) is 14.2 Å². The summed E-state index contributed by atoms with van der Waals surface area (Å²) >= 11 is 0. The summed E-state index contributed by atoms with van der Waals surface area (Å²) in [5, 5.41) is 0. The van der Waals surface area contributed by atoms with Gasteiger partial charge in [0.25, 0.3) is 0 Å². The lowest BCUT2D eigenvalue weighted by molar-refractivity contribution is -0.138. The Hall–Kier alpha value is -2.57. The van der Waals surface area contributed by atoms with Crippen LogP contribution in [0, 0.1) is 5.92 Å². The first kappa shape index (κ1) is 24.1. The van der Waals surface area contributed by atoms with Gasteiger partial charge in [0.1, 0.15) is 0 Å². The Labute approximate surface area is 192 Å². The Morgan fingerprint density at radius 3 is 2.25 bits per heavy atom. The molecule has 0 aromatic heterocycles. The van der Waals surface area contributed by atoms with E-state index in [0.717, 1.165) is 57.1 Å². The van der Waals surface area contributed by atoms with Crippen molar-refractivity contribution in [2.75, 3.05) is 54.5 Å². The number of methoxy groups -OCH3 is 2. The van der Waals surface area contributed by atoms with E-state index < -0.39 is 0 Å². The van der Waals surface area contributed by atoms with Crippen LogP contribution in [0.5, 0.6) is 11.5 Å². The molecule has 1 heterocycles. The molecule has 1 fully saturated rings. The summed E-state index contributed by atoms with van der Waals surface area (Å²) in [5.41, 5.74) is 2.38. The third-order valence-electron chi connectivity index (χ3n) is 6.14. The number of likely N-dealkylation sites (tertiary alicyclic amines) is 1. The highest BCUT2D eigenvalue weighted by molar-refractivity contribution is 5.79. The van der Waals surface area contributed by atoms with Crippen LogP contribution in [0.4, 0.5) is 0 Å². The largest absolute Gasteiger partial charge is 0.493 e. The molecule has 3 rings (SSSR count). The van der Waals surface area contributed by atoms with E-state index in [1.165, 1.54) is 11.1 Å². The zero-order valence-electron chi connectivity index (χ0n) is 19.9. The number of likely N-dealkylation sites (N-methyl/N-ethyl adjacent to an activating group) is 1. The molecule has 1 aliphatic rings. The fourth-order valence-corrected chi connectivity index (χ4v) is 4.23. The summed E-state index contributed by atoms with van der Waals surface area (Å²) in [6.07, 6.45) is 1.80. The smallest absolute Gasteiger partial charge is 0.226 e. The number of benzene rings is 2. The van der Waals surface area contributed by atoms with Gasteiger partial charge in [-0.05, 0) is 63.3 Å². The first-order chi connectivity index (χ1) is 15.5. The second kappa shape index (κ2) is 11.9. The van der Waals surface area contributed by atoms with Crippen LogP contribution in [0.3, 0.4) is 0 Å². The lowest BCUT2D eigenvalue weighted by atomic mass is 9.94. The molecule has 2 aromatic carbocycles. The van der Waals surface area contributed by atoms with Crippen LogP contribution in [-0.2, 0) is 17.9 Å². The van der Waals surface area contributed by atoms with Crippen LogP contribution in [-0.4, -0.2) is 75.1 Å². The second-order valence-electron chi connectivity index (χ2n) is 8.79. The van der Waals surface area contributed by atoms with Crippen LogP contribution in [0.1, 0.15) is 24.0 Å². The van der Waals surface area contributed by atoms with Gasteiger partial charge in [-0.15, -0.1) is 0 Å². The number of amides is 1. The zero-order valence-corrected chi connectivity index (χ0v) is 19.9. The molecule has 1 aliphatic heterocycles. The molecule has 0 unspecified atom stereocenters. The molecule has 0 aliphatic carbocycles. The van der Waals surface area contributed by atoms with E-state index in [9.17, 15) is 4.79 Å². The van der Waals surface area contributed by atoms with Crippen molar-refractivity contribution in [3.05, 3.63) is 59.7 Å². The van der Waals surface area contributed by atoms with Crippen LogP contribution < -0.4 is 9.47 Å². The summed E-state index contributed by atoms with van der Waals surface area (Å²) in [5.74, 6) is 1.90. The highest BCUT2D eigenvalue weighted by Gasteiger charge is 2.28. The monoisotopic (exact) mass is 439 g/mol. The van der Waals surface area contributed by atoms with Gasteiger partial charge in [-0.25, -0.2) is 0 Å². The van der Waals surface area contributed by atoms with Gasteiger partial charge < -0.3 is 19.3 Å². The van der Waals surface area contributed by atoms with E-state index in [2.05, 4.69) is 42.1 Å². The van der Waals surface area contributed by atoms with E-state index in [1.807, 2.05) is 35.2 Å². The number of rotatable bonds is 10. The van der Waals surface area contributed by atoms with E-state index >= 15 is 0 Å². The van der Waals surface area contributed by atoms with Gasteiger partial charge >= 0.3 is 0 Å². The van der Waals surface area contributed by atoms with Gasteiger partial charge in [0.15, 0.2) is 11.5 Å². The Kier molecular flexibility index (Phi) is 8.94. The van der Waals surface area contributed by atoms with Crippen molar-refractivity contribution in [3.8, 4) is 11.5 Å². The van der Waals surface area contributed by atoms with Gasteiger partial charge in [-0.2, -0.15) is 0 Å². The number of carbonyl (C=O) groups is 1. The topological polar surface area (TPSA) is 45.2 Å². The average molecular weight is 440 g/mol. The molecule has 1 amide bonds. The first-order valence-electron chi connectivity index (χ1n) is 11.4. The average Bonchev–Trinajstić information content (AvgIpc) is 2.82. The number of hydrogen-bond acceptors (Lipinski definition) is 5. The highest BCUT2D eigenvalue weighted by atomic mass is 16.5. The summed E-state index contributed by atoms with van der Waals surface area (Å²) in [6.45, 7) is 5.02. The molecular weight excluding hydrogens is 402 g/mol. The quantitative estimate of drug-likeness (QED) is 0.567. The van der Waals surface area contributed by atoms with Crippen LogP contribution in [0.25, 0.3) is 0 Å². The Morgan fingerprint density at radius 1 is 0.938 bits per heavy atom. The predicted molar refractivity (Wildman–Crippen MR) is 128 cm³/mol. The SMILES string of the molecule is COc1ccc(CN2CCC(C(=O)N(CCN(C)C)Cc3ccccc3)CC2)cc1OC. The number of hydrogen-bond donors (Lipinski definition) is 0. The lowest BCUT2D eigenvalue weighted by Crippen LogP contribution is -2.44. The number of nitrogens with zero attached hydrogens (tertiary/aromatic N) is 3. The van der Waals surface area contributed by atoms with Crippen molar-refractivity contribution >= 4 is 5.91 Å². The number of ether oxygens (including phenoxy) is 2. The molecule has 0 radical (unpaired) electrons. The minimum atomic E-state index is 0.0996. The third-order valence-corrected chi connectivity index (χ3v) is 6.14. The van der Waals surface area contributed by atoms with Crippen LogP contribution in [0.15, 0.2) is 48.5 Å². The Bertz CT molecular complexity index is 849. The molecular formula is C26H37N3O3. The predicted octanol–water partition coefficient (Wildman–Crippen LogP) is 3.51. The number of piperidine rings is 1. The molecule has 174 valence electrons. The maximum absolute atomic E-state index is 13.4. The highest BCUT2D eigenvalue weighted by Crippen LogP contribution is 2.29. The Morgan fingerprint density at radius 2 is 1.62 bits per heavy atom. The molecule has 6 nitrogen and oxygen atoms in total. The molecule has 6 heteroatoms. The molecule has 0 atom stereocenters. The first-order valence-corrected chi connectivity index (χ1v) is 11.4. The molecule has 1 saturated heterocycles. The van der Waals surface area contributed by atoms with Crippen LogP contribution >= 0.6 is 0 Å². The minimum Gasteiger partial charge on any atom is -0.493 e. The summed E-state index contributed by atoms with van der Waals surface area (Å²) in [4.78, 5) is 20.0. The molecule has 0 N–H and O–H groups in total. The van der Waals surface area contributed by atoms with Crippen molar-refractivity contribution in [2.24, 2.45) is 5.92 Å². The summed E-state index contributed by atoms with van der Waals surface area (Å²) < 4.78 is 10.8. The molecule has 32 heavy (non-hydrogen) atoms. The van der Waals surface area contributed by atoms with Crippen molar-refractivity contribution < 1.29 is 14.3 Å². The van der Waals surface area contributed by atoms with Crippen molar-refractivity contribution in [2.45, 2.75) is 25.9 Å². The van der Waals surface area contributed by atoms with Gasteiger partial charge in [0.05, 0.1) is 14.2 Å². The normalized spacial score (nSPS) is 15.0.